The van der Waals surface area contributed by atoms with Crippen molar-refractivity contribution in [1.82, 2.24) is 0 Å². The van der Waals surface area contributed by atoms with Gasteiger partial charge in [0.2, 0.25) is 0 Å². The van der Waals surface area contributed by atoms with E-state index in [9.17, 15) is 5.11 Å². The summed E-state index contributed by atoms with van der Waals surface area (Å²) in [4.78, 5) is 0. The van der Waals surface area contributed by atoms with Crippen molar-refractivity contribution in [3.05, 3.63) is 0 Å². The van der Waals surface area contributed by atoms with E-state index in [0.717, 1.165) is 64.2 Å². The van der Waals surface area contributed by atoms with Gasteiger partial charge < -0.3 is 28.5 Å². The van der Waals surface area contributed by atoms with Gasteiger partial charge in [-0.15, -0.1) is 5.92 Å². The summed E-state index contributed by atoms with van der Waals surface area (Å²) in [7, 11) is 0.874. The first-order valence-electron chi connectivity index (χ1n) is 17.7. The summed E-state index contributed by atoms with van der Waals surface area (Å²) in [6.07, 6.45) is 20.6. The van der Waals surface area contributed by atoms with E-state index in [2.05, 4.69) is 64.7 Å². The first-order valence-corrected chi connectivity index (χ1v) is 20.1. The third-order valence-electron chi connectivity index (χ3n) is 9.10. The first-order chi connectivity index (χ1) is 21.2. The molecule has 0 bridgehead atoms. The molecule has 2 rings (SSSR count). The van der Waals surface area contributed by atoms with Gasteiger partial charge in [0, 0.05) is 20.0 Å². The van der Waals surface area contributed by atoms with Crippen molar-refractivity contribution in [3.63, 3.8) is 0 Å². The summed E-state index contributed by atoms with van der Waals surface area (Å²) in [6.45, 7) is 13.6. The summed E-state index contributed by atoms with van der Waals surface area (Å²) in [5.74, 6) is 10.5. The zero-order valence-electron chi connectivity index (χ0n) is 29.3. The topological polar surface area (TPSA) is 66.4 Å². The molecule has 2 fully saturated rings. The molecule has 6 nitrogen and oxygen atoms in total. The fourth-order valence-electron chi connectivity index (χ4n) is 6.35. The molecule has 0 saturated carbocycles. The molecule has 0 aliphatic carbocycles. The number of aliphatic hydroxyl groups excluding tert-OH is 1. The maximum atomic E-state index is 10.8. The number of rotatable bonds is 20. The summed E-state index contributed by atoms with van der Waals surface area (Å²) < 4.78 is 29.5. The third-order valence-corrected chi connectivity index (χ3v) is 9.61. The van der Waals surface area contributed by atoms with Crippen LogP contribution in [-0.2, 0) is 23.4 Å². The monoisotopic (exact) mass is 633 g/mol. The molecule has 2 saturated heterocycles. The Morgan fingerprint density at radius 3 is 2.02 bits per heavy atom. The Morgan fingerprint density at radius 2 is 1.41 bits per heavy atom. The molecule has 0 spiro atoms. The Hall–Kier alpha value is -1.06. The predicted octanol–water partition coefficient (Wildman–Crippen LogP) is 8.42. The summed E-state index contributed by atoms with van der Waals surface area (Å²) in [5.41, 5.74) is 0.197. The van der Waals surface area contributed by atoms with Crippen molar-refractivity contribution in [2.75, 3.05) is 13.9 Å². The van der Waals surface area contributed by atoms with E-state index >= 15 is 0 Å². The van der Waals surface area contributed by atoms with Crippen LogP contribution in [0.2, 0.25) is 13.1 Å². The molecular formula is C37H65O6Si. The molecule has 2 heterocycles. The average molecular weight is 634 g/mol. The molecule has 7 heteroatoms. The molecular weight excluding hydrogens is 568 g/mol. The highest BCUT2D eigenvalue weighted by atomic mass is 28.3. The van der Waals surface area contributed by atoms with Crippen LogP contribution < -0.4 is 0 Å². The van der Waals surface area contributed by atoms with Crippen LogP contribution in [0.4, 0.5) is 0 Å². The van der Waals surface area contributed by atoms with Crippen molar-refractivity contribution < 1.29 is 28.5 Å². The van der Waals surface area contributed by atoms with E-state index in [1.54, 1.807) is 7.11 Å². The van der Waals surface area contributed by atoms with Crippen molar-refractivity contribution in [2.45, 2.75) is 187 Å². The maximum absolute atomic E-state index is 10.8. The van der Waals surface area contributed by atoms with Crippen LogP contribution >= 0.6 is 0 Å². The largest absolute Gasteiger partial charge is 0.500 e. The Bertz CT molecular complexity index is 865. The van der Waals surface area contributed by atoms with Gasteiger partial charge in [0.05, 0.1) is 36.6 Å². The highest BCUT2D eigenvalue weighted by Crippen LogP contribution is 2.35. The van der Waals surface area contributed by atoms with Gasteiger partial charge >= 0.3 is 0 Å². The Kier molecular flexibility index (Phi) is 20.0. The molecule has 44 heavy (non-hydrogen) atoms. The van der Waals surface area contributed by atoms with E-state index in [1.165, 1.54) is 44.9 Å². The molecule has 1 radical (unpaired) electrons. The number of hydrogen-bond donors (Lipinski definition) is 1. The van der Waals surface area contributed by atoms with Gasteiger partial charge in [-0.3, -0.25) is 0 Å². The molecule has 0 aromatic rings. The molecule has 0 amide bonds. The molecule has 0 aromatic carbocycles. The fourth-order valence-corrected chi connectivity index (χ4v) is 6.63. The average Bonchev–Trinajstić information content (AvgIpc) is 3.66. The second-order valence-corrected chi connectivity index (χ2v) is 16.2. The minimum Gasteiger partial charge on any atom is -0.500 e. The zero-order chi connectivity index (χ0) is 32.2. The van der Waals surface area contributed by atoms with Crippen LogP contribution in [0, 0.1) is 35.2 Å². The zero-order valence-corrected chi connectivity index (χ0v) is 30.3. The van der Waals surface area contributed by atoms with Crippen LogP contribution in [0.1, 0.15) is 137 Å². The maximum Gasteiger partial charge on any atom is 0.289 e. The number of aliphatic hydroxyl groups is 1. The second kappa shape index (κ2) is 22.5. The van der Waals surface area contributed by atoms with Gasteiger partial charge in [-0.1, -0.05) is 90.9 Å². The smallest absolute Gasteiger partial charge is 0.289 e. The molecule has 1 N–H and O–H groups in total. The lowest BCUT2D eigenvalue weighted by Gasteiger charge is -2.30. The second-order valence-electron chi connectivity index (χ2n) is 14.2. The molecule has 2 aliphatic heterocycles. The van der Waals surface area contributed by atoms with Crippen LogP contribution in [-0.4, -0.2) is 64.7 Å². The van der Waals surface area contributed by atoms with Gasteiger partial charge in [-0.05, 0) is 69.4 Å². The highest BCUT2D eigenvalue weighted by molar-refractivity contribution is 6.48. The summed E-state index contributed by atoms with van der Waals surface area (Å²) in [5, 5.41) is 10.8. The minimum absolute atomic E-state index is 0.0313. The van der Waals surface area contributed by atoms with Crippen molar-refractivity contribution in [2.24, 2.45) is 11.3 Å². The van der Waals surface area contributed by atoms with Gasteiger partial charge in [0.25, 0.3) is 9.04 Å². The van der Waals surface area contributed by atoms with Crippen LogP contribution in [0.15, 0.2) is 0 Å². The number of methoxy groups -OCH3 is 1. The normalized spacial score (nSPS) is 23.9. The molecule has 7 atom stereocenters. The van der Waals surface area contributed by atoms with Crippen LogP contribution in [0.25, 0.3) is 0 Å². The van der Waals surface area contributed by atoms with Crippen LogP contribution in [0.5, 0.6) is 0 Å². The van der Waals surface area contributed by atoms with Gasteiger partial charge in [-0.2, -0.15) is 0 Å². The van der Waals surface area contributed by atoms with E-state index in [4.69, 9.17) is 23.4 Å². The summed E-state index contributed by atoms with van der Waals surface area (Å²) in [6, 6.07) is 0. The van der Waals surface area contributed by atoms with E-state index in [0.29, 0.717) is 5.92 Å². The van der Waals surface area contributed by atoms with E-state index < -0.39 is 9.04 Å². The Balaban J connectivity index is 1.78. The molecule has 7 unspecified atom stereocenters. The molecule has 2 aliphatic rings. The van der Waals surface area contributed by atoms with E-state index in [1.807, 2.05) is 0 Å². The number of ether oxygens (including phenoxy) is 4. The minimum atomic E-state index is -0.764. The van der Waals surface area contributed by atoms with Crippen molar-refractivity contribution in [1.29, 1.82) is 0 Å². The van der Waals surface area contributed by atoms with Gasteiger partial charge in [0.1, 0.15) is 12.9 Å². The number of hydrogen-bond acceptors (Lipinski definition) is 6. The Labute approximate surface area is 272 Å². The van der Waals surface area contributed by atoms with Gasteiger partial charge in [-0.25, -0.2) is 0 Å². The Morgan fingerprint density at radius 1 is 0.818 bits per heavy atom. The lowest BCUT2D eigenvalue weighted by atomic mass is 9.75. The third kappa shape index (κ3) is 16.0. The first kappa shape index (κ1) is 39.1. The predicted molar refractivity (Wildman–Crippen MR) is 181 cm³/mol. The molecule has 0 aromatic heterocycles. The van der Waals surface area contributed by atoms with Crippen molar-refractivity contribution in [3.8, 4) is 23.9 Å². The quantitative estimate of drug-likeness (QED) is 0.0629. The highest BCUT2D eigenvalue weighted by Gasteiger charge is 2.41. The SMILES string of the molecule is CCCCCCCCCCC(O)C1CCC(C2CCC(C(C#CCCC(CCC#CO[Si](C)C)C(C)(C)C)OCOC)O2)O1. The number of unbranched alkanes of at least 4 members (excludes halogenated alkanes) is 7. The van der Waals surface area contributed by atoms with Gasteiger partial charge in [0.15, 0.2) is 0 Å². The lowest BCUT2D eigenvalue weighted by Crippen LogP contribution is -2.34. The molecule has 253 valence electrons. The lowest BCUT2D eigenvalue weighted by molar-refractivity contribution is -0.129. The van der Waals surface area contributed by atoms with E-state index in [-0.39, 0.29) is 48.8 Å². The fraction of sp³-hybridized carbons (Fsp3) is 0.892. The summed E-state index contributed by atoms with van der Waals surface area (Å²) >= 11 is 0. The standard InChI is InChI=1S/C37H65O6Si/c1-8-9-10-11-12-13-14-15-22-31(38)32-24-25-35(42-32)36-27-26-34(43-36)33(40-29-39-5)23-17-16-20-30(37(2,3)4)21-18-19-28-41-44(6)7/h30-36,38H,8-16,18,20-22,24-27,29H2,1-7H3. The van der Waals surface area contributed by atoms with Crippen molar-refractivity contribution >= 4 is 9.04 Å². The van der Waals surface area contributed by atoms with Crippen LogP contribution in [0.3, 0.4) is 0 Å².